The molecule has 0 radical (unpaired) electrons. The summed E-state index contributed by atoms with van der Waals surface area (Å²) < 4.78 is 10.6. The molecule has 0 aliphatic carbocycles. The topological polar surface area (TPSA) is 88.7 Å². The van der Waals surface area contributed by atoms with E-state index in [9.17, 15) is 9.59 Å². The van der Waals surface area contributed by atoms with Gasteiger partial charge >= 0.3 is 0 Å². The van der Waals surface area contributed by atoms with Crippen molar-refractivity contribution in [3.05, 3.63) is 52.6 Å². The maximum absolute atomic E-state index is 12.6. The first kappa shape index (κ1) is 21.5. The average Bonchev–Trinajstić information content (AvgIpc) is 3.12. The predicted octanol–water partition coefficient (Wildman–Crippen LogP) is 2.62. The number of ether oxygens (including phenoxy) is 2. The number of benzene rings is 2. The third-order valence-corrected chi connectivity index (χ3v) is 4.41. The van der Waals surface area contributed by atoms with Gasteiger partial charge in [0.1, 0.15) is 0 Å². The molecule has 8 heteroatoms. The zero-order valence-corrected chi connectivity index (χ0v) is 16.9. The van der Waals surface area contributed by atoms with E-state index in [0.29, 0.717) is 29.3 Å². The number of hydrogen-bond donors (Lipinski definition) is 3. The van der Waals surface area contributed by atoms with Crippen LogP contribution in [0.2, 0.25) is 0 Å². The van der Waals surface area contributed by atoms with E-state index < -0.39 is 0 Å². The molecule has 2 aromatic carbocycles. The van der Waals surface area contributed by atoms with Crippen LogP contribution < -0.4 is 25.4 Å². The Balaban J connectivity index is 0.00000280. The number of carbonyl (C=O) groups excluding carboxylic acids is 2. The van der Waals surface area contributed by atoms with E-state index in [1.54, 1.807) is 12.1 Å². The van der Waals surface area contributed by atoms with Crippen molar-refractivity contribution >= 4 is 29.9 Å². The Bertz CT molecular complexity index is 886. The number of amides is 2. The summed E-state index contributed by atoms with van der Waals surface area (Å²) in [7, 11) is 2.96. The van der Waals surface area contributed by atoms with Crippen LogP contribution in [0.4, 0.5) is 5.69 Å². The molecule has 2 aromatic rings. The van der Waals surface area contributed by atoms with E-state index >= 15 is 0 Å². The van der Waals surface area contributed by atoms with E-state index in [-0.39, 0.29) is 24.2 Å². The van der Waals surface area contributed by atoms with Gasteiger partial charge in [0.2, 0.25) is 5.91 Å². The van der Waals surface area contributed by atoms with Gasteiger partial charge in [0, 0.05) is 32.1 Å². The van der Waals surface area contributed by atoms with Crippen LogP contribution in [0.1, 0.15) is 34.0 Å². The van der Waals surface area contributed by atoms with Gasteiger partial charge in [-0.2, -0.15) is 0 Å². The fourth-order valence-electron chi connectivity index (χ4n) is 3.12. The third-order valence-electron chi connectivity index (χ3n) is 4.41. The second kappa shape index (κ2) is 9.43. The van der Waals surface area contributed by atoms with Crippen LogP contribution in [0.25, 0.3) is 0 Å². The normalized spacial score (nSPS) is 11.8. The van der Waals surface area contributed by atoms with Gasteiger partial charge in [0.15, 0.2) is 11.5 Å². The molecule has 0 unspecified atom stereocenters. The molecule has 1 aliphatic rings. The minimum atomic E-state index is -0.264. The molecular weight excluding hydrogens is 382 g/mol. The summed E-state index contributed by atoms with van der Waals surface area (Å²) in [6, 6.07) is 9.37. The van der Waals surface area contributed by atoms with Gasteiger partial charge in [-0.3, -0.25) is 9.59 Å². The average molecular weight is 406 g/mol. The Morgan fingerprint density at radius 1 is 1.07 bits per heavy atom. The Hall–Kier alpha value is -2.77. The number of nitrogens with one attached hydrogen (secondary N) is 3. The van der Waals surface area contributed by atoms with Crippen molar-refractivity contribution in [3.8, 4) is 11.5 Å². The Labute approximate surface area is 170 Å². The van der Waals surface area contributed by atoms with Gasteiger partial charge < -0.3 is 25.4 Å². The largest absolute Gasteiger partial charge is 0.493 e. The standard InChI is InChI=1S/C20H23N3O4.ClH/c1-12(24)23-17-7-15(8-18(26-2)19(17)27-3)20(25)22-9-13-4-5-14-10-21-11-16(14)6-13;/h4-8,21H,9-11H2,1-3H3,(H,22,25)(H,23,24);1H. The summed E-state index contributed by atoms with van der Waals surface area (Å²) in [4.78, 5) is 24.1. The van der Waals surface area contributed by atoms with E-state index in [0.717, 1.165) is 18.7 Å². The second-order valence-corrected chi connectivity index (χ2v) is 6.33. The van der Waals surface area contributed by atoms with Crippen molar-refractivity contribution in [2.45, 2.75) is 26.6 Å². The van der Waals surface area contributed by atoms with Crippen molar-refractivity contribution in [2.24, 2.45) is 0 Å². The molecule has 1 heterocycles. The maximum Gasteiger partial charge on any atom is 0.251 e. The van der Waals surface area contributed by atoms with E-state index in [4.69, 9.17) is 9.47 Å². The van der Waals surface area contributed by atoms with E-state index in [2.05, 4.69) is 28.1 Å². The van der Waals surface area contributed by atoms with Crippen LogP contribution in [-0.2, 0) is 24.4 Å². The minimum Gasteiger partial charge on any atom is -0.493 e. The highest BCUT2D eigenvalue weighted by Gasteiger charge is 2.17. The van der Waals surface area contributed by atoms with E-state index in [1.165, 1.54) is 32.3 Å². The lowest BCUT2D eigenvalue weighted by Gasteiger charge is -2.15. The van der Waals surface area contributed by atoms with Crippen molar-refractivity contribution in [1.82, 2.24) is 10.6 Å². The summed E-state index contributed by atoms with van der Waals surface area (Å²) in [5.74, 6) is 0.216. The molecule has 3 rings (SSSR count). The van der Waals surface area contributed by atoms with Gasteiger partial charge in [-0.05, 0) is 28.8 Å². The number of hydrogen-bond acceptors (Lipinski definition) is 5. The summed E-state index contributed by atoms with van der Waals surface area (Å²) in [5, 5.41) is 8.88. The van der Waals surface area contributed by atoms with Crippen LogP contribution in [0.3, 0.4) is 0 Å². The van der Waals surface area contributed by atoms with Crippen molar-refractivity contribution in [3.63, 3.8) is 0 Å². The number of anilines is 1. The molecule has 150 valence electrons. The summed E-state index contributed by atoms with van der Waals surface area (Å²) in [5.41, 5.74) is 4.36. The van der Waals surface area contributed by atoms with Gasteiger partial charge in [-0.25, -0.2) is 0 Å². The minimum absolute atomic E-state index is 0. The number of rotatable bonds is 6. The number of fused-ring (bicyclic) bond motifs is 1. The predicted molar refractivity (Wildman–Crippen MR) is 109 cm³/mol. The quantitative estimate of drug-likeness (QED) is 0.687. The van der Waals surface area contributed by atoms with Gasteiger partial charge in [-0.1, -0.05) is 18.2 Å². The van der Waals surface area contributed by atoms with Crippen LogP contribution in [0.5, 0.6) is 11.5 Å². The fourth-order valence-corrected chi connectivity index (χ4v) is 3.12. The molecule has 0 aromatic heterocycles. The molecule has 0 saturated heterocycles. The number of carbonyl (C=O) groups is 2. The third kappa shape index (κ3) is 4.74. The number of methoxy groups -OCH3 is 2. The van der Waals surface area contributed by atoms with Crippen molar-refractivity contribution < 1.29 is 19.1 Å². The van der Waals surface area contributed by atoms with Crippen LogP contribution in [0.15, 0.2) is 30.3 Å². The summed E-state index contributed by atoms with van der Waals surface area (Å²) in [6.07, 6.45) is 0. The highest BCUT2D eigenvalue weighted by Crippen LogP contribution is 2.36. The monoisotopic (exact) mass is 405 g/mol. The highest BCUT2D eigenvalue weighted by molar-refractivity contribution is 5.99. The number of halogens is 1. The fraction of sp³-hybridized carbons (Fsp3) is 0.300. The SMILES string of the molecule is COc1cc(C(=O)NCc2ccc3c(c2)CNC3)cc(NC(C)=O)c1OC.Cl. The lowest BCUT2D eigenvalue weighted by molar-refractivity contribution is -0.114. The van der Waals surface area contributed by atoms with Gasteiger partial charge in [0.25, 0.3) is 5.91 Å². The molecule has 0 spiro atoms. The Kier molecular flexibility index (Phi) is 7.25. The van der Waals surface area contributed by atoms with E-state index in [1.807, 2.05) is 6.07 Å². The lowest BCUT2D eigenvalue weighted by Crippen LogP contribution is -2.23. The van der Waals surface area contributed by atoms with Gasteiger partial charge in [0.05, 0.1) is 19.9 Å². The molecule has 7 nitrogen and oxygen atoms in total. The van der Waals surface area contributed by atoms with Crippen LogP contribution in [-0.4, -0.2) is 26.0 Å². The van der Waals surface area contributed by atoms with Gasteiger partial charge in [-0.15, -0.1) is 12.4 Å². The molecule has 0 fully saturated rings. The molecule has 3 N–H and O–H groups in total. The molecule has 2 amide bonds. The summed E-state index contributed by atoms with van der Waals surface area (Å²) in [6.45, 7) is 3.55. The Morgan fingerprint density at radius 3 is 2.50 bits per heavy atom. The first-order valence-corrected chi connectivity index (χ1v) is 8.65. The zero-order valence-electron chi connectivity index (χ0n) is 16.0. The second-order valence-electron chi connectivity index (χ2n) is 6.33. The molecule has 0 bridgehead atoms. The zero-order chi connectivity index (χ0) is 19.4. The molecule has 0 atom stereocenters. The first-order chi connectivity index (χ1) is 13.0. The first-order valence-electron chi connectivity index (χ1n) is 8.65. The summed E-state index contributed by atoms with van der Waals surface area (Å²) >= 11 is 0. The Morgan fingerprint density at radius 2 is 1.82 bits per heavy atom. The maximum atomic E-state index is 12.6. The smallest absolute Gasteiger partial charge is 0.251 e. The molecule has 0 saturated carbocycles. The molecule has 28 heavy (non-hydrogen) atoms. The van der Waals surface area contributed by atoms with Crippen molar-refractivity contribution in [1.29, 1.82) is 0 Å². The highest BCUT2D eigenvalue weighted by atomic mass is 35.5. The molecule has 1 aliphatic heterocycles. The lowest BCUT2D eigenvalue weighted by atomic mass is 10.1. The molecular formula is C20H24ClN3O4. The van der Waals surface area contributed by atoms with Crippen molar-refractivity contribution in [2.75, 3.05) is 19.5 Å². The van der Waals surface area contributed by atoms with Crippen LogP contribution >= 0.6 is 12.4 Å². The van der Waals surface area contributed by atoms with Crippen LogP contribution in [0, 0.1) is 0 Å².